The number of rotatable bonds is 8. The molecular weight excluding hydrogens is 268 g/mol. The van der Waals surface area contributed by atoms with Crippen molar-refractivity contribution in [3.05, 3.63) is 0 Å². The molecule has 0 unspecified atom stereocenters. The van der Waals surface area contributed by atoms with Crippen molar-refractivity contribution >= 4 is 12.0 Å². The second kappa shape index (κ2) is 9.64. The number of alkyl carbamates (subject to hydrolysis) is 1. The van der Waals surface area contributed by atoms with Crippen molar-refractivity contribution < 1.29 is 14.3 Å². The summed E-state index contributed by atoms with van der Waals surface area (Å²) in [6.07, 6.45) is 2.79. The van der Waals surface area contributed by atoms with E-state index in [-0.39, 0.29) is 11.9 Å². The highest BCUT2D eigenvalue weighted by Gasteiger charge is 2.20. The number of nitrogens with one attached hydrogen (secondary N) is 2. The summed E-state index contributed by atoms with van der Waals surface area (Å²) < 4.78 is 5.26. The van der Waals surface area contributed by atoms with Crippen LogP contribution in [0.25, 0.3) is 0 Å². The van der Waals surface area contributed by atoms with Gasteiger partial charge < -0.3 is 15.4 Å². The van der Waals surface area contributed by atoms with E-state index < -0.39 is 11.7 Å². The topological polar surface area (TPSA) is 67.4 Å². The van der Waals surface area contributed by atoms with Crippen LogP contribution in [0.4, 0.5) is 4.79 Å². The fourth-order valence-corrected chi connectivity index (χ4v) is 1.90. The lowest BCUT2D eigenvalue weighted by molar-refractivity contribution is -0.121. The molecule has 0 aliphatic heterocycles. The van der Waals surface area contributed by atoms with Crippen molar-refractivity contribution in [1.82, 2.24) is 10.6 Å². The Kier molecular flexibility index (Phi) is 9.06. The number of carbonyl (C=O) groups excluding carboxylic acids is 2. The monoisotopic (exact) mass is 300 g/mol. The molecule has 0 spiro atoms. The molecule has 0 aromatic carbocycles. The first-order valence-electron chi connectivity index (χ1n) is 7.90. The van der Waals surface area contributed by atoms with Gasteiger partial charge in [-0.2, -0.15) is 0 Å². The van der Waals surface area contributed by atoms with Gasteiger partial charge in [0.25, 0.3) is 0 Å². The van der Waals surface area contributed by atoms with Crippen molar-refractivity contribution in [2.75, 3.05) is 6.54 Å². The minimum atomic E-state index is -0.517. The molecule has 2 amide bonds. The van der Waals surface area contributed by atoms with Gasteiger partial charge in [-0.1, -0.05) is 27.2 Å². The molecule has 0 rings (SSSR count). The summed E-state index contributed by atoms with van der Waals surface area (Å²) in [4.78, 5) is 23.5. The van der Waals surface area contributed by atoms with Crippen molar-refractivity contribution in [2.24, 2.45) is 5.92 Å². The molecule has 5 nitrogen and oxygen atoms in total. The average molecular weight is 300 g/mol. The summed E-state index contributed by atoms with van der Waals surface area (Å²) in [6, 6.07) is -0.106. The van der Waals surface area contributed by atoms with Crippen LogP contribution < -0.4 is 10.6 Å². The van der Waals surface area contributed by atoms with Crippen LogP contribution in [0.2, 0.25) is 0 Å². The molecule has 5 heteroatoms. The van der Waals surface area contributed by atoms with E-state index in [9.17, 15) is 9.59 Å². The van der Waals surface area contributed by atoms with Crippen LogP contribution in [0.3, 0.4) is 0 Å². The second-order valence-electron chi connectivity index (χ2n) is 6.88. The lowest BCUT2D eigenvalue weighted by Crippen LogP contribution is -2.46. The molecule has 0 fully saturated rings. The van der Waals surface area contributed by atoms with E-state index >= 15 is 0 Å². The lowest BCUT2D eigenvalue weighted by atomic mass is 10.0. The van der Waals surface area contributed by atoms with Crippen LogP contribution in [-0.2, 0) is 9.53 Å². The summed E-state index contributed by atoms with van der Waals surface area (Å²) in [5.74, 6) is 0.467. The zero-order valence-corrected chi connectivity index (χ0v) is 14.4. The van der Waals surface area contributed by atoms with Crippen LogP contribution in [0.15, 0.2) is 0 Å². The van der Waals surface area contributed by atoms with Gasteiger partial charge in [0, 0.05) is 19.0 Å². The highest BCUT2D eigenvalue weighted by atomic mass is 16.6. The molecule has 2 N–H and O–H groups in total. The molecule has 0 heterocycles. The molecule has 0 bridgehead atoms. The van der Waals surface area contributed by atoms with Crippen LogP contribution in [0.5, 0.6) is 0 Å². The van der Waals surface area contributed by atoms with Gasteiger partial charge in [-0.05, 0) is 39.5 Å². The fraction of sp³-hybridized carbons (Fsp3) is 0.875. The van der Waals surface area contributed by atoms with E-state index in [0.29, 0.717) is 18.9 Å². The van der Waals surface area contributed by atoms with Gasteiger partial charge in [0.2, 0.25) is 5.91 Å². The molecule has 21 heavy (non-hydrogen) atoms. The first-order valence-corrected chi connectivity index (χ1v) is 7.90. The van der Waals surface area contributed by atoms with Crippen molar-refractivity contribution in [3.8, 4) is 0 Å². The molecule has 0 saturated heterocycles. The standard InChI is InChI=1S/C16H32N2O3/c1-7-8-9-14(19)17-11-13(10-12(2)3)18-15(20)21-16(4,5)6/h12-13H,7-11H2,1-6H3,(H,17,19)(H,18,20)/t13-/m0/s1. The predicted molar refractivity (Wildman–Crippen MR) is 85.1 cm³/mol. The van der Waals surface area contributed by atoms with Crippen molar-refractivity contribution in [2.45, 2.75) is 78.9 Å². The second-order valence-corrected chi connectivity index (χ2v) is 6.88. The SMILES string of the molecule is CCCCC(=O)NC[C@H](CC(C)C)NC(=O)OC(C)(C)C. The lowest BCUT2D eigenvalue weighted by Gasteiger charge is -2.24. The smallest absolute Gasteiger partial charge is 0.407 e. The maximum absolute atomic E-state index is 11.8. The molecule has 0 aliphatic carbocycles. The molecule has 0 aliphatic rings. The Balaban J connectivity index is 4.32. The highest BCUT2D eigenvalue weighted by Crippen LogP contribution is 2.09. The highest BCUT2D eigenvalue weighted by molar-refractivity contribution is 5.76. The maximum Gasteiger partial charge on any atom is 0.407 e. The van der Waals surface area contributed by atoms with E-state index in [1.54, 1.807) is 0 Å². The van der Waals surface area contributed by atoms with E-state index in [1.165, 1.54) is 0 Å². The van der Waals surface area contributed by atoms with Crippen LogP contribution in [-0.4, -0.2) is 30.2 Å². The predicted octanol–water partition coefficient (Wildman–Crippen LogP) is 3.23. The van der Waals surface area contributed by atoms with Gasteiger partial charge in [-0.15, -0.1) is 0 Å². The number of amides is 2. The van der Waals surface area contributed by atoms with Crippen LogP contribution in [0, 0.1) is 5.92 Å². The number of unbranched alkanes of at least 4 members (excludes halogenated alkanes) is 1. The van der Waals surface area contributed by atoms with Gasteiger partial charge >= 0.3 is 6.09 Å². The third-order valence-electron chi connectivity index (χ3n) is 2.78. The van der Waals surface area contributed by atoms with Crippen molar-refractivity contribution in [1.29, 1.82) is 0 Å². The Morgan fingerprint density at radius 1 is 1.19 bits per heavy atom. The number of ether oxygens (including phenoxy) is 1. The van der Waals surface area contributed by atoms with Gasteiger partial charge in [0.15, 0.2) is 0 Å². The quantitative estimate of drug-likeness (QED) is 0.723. The zero-order chi connectivity index (χ0) is 16.5. The molecule has 0 aromatic rings. The summed E-state index contributed by atoms with van der Waals surface area (Å²) in [6.45, 7) is 12.2. The van der Waals surface area contributed by atoms with Crippen LogP contribution in [0.1, 0.15) is 67.2 Å². The Morgan fingerprint density at radius 2 is 1.81 bits per heavy atom. The Morgan fingerprint density at radius 3 is 2.29 bits per heavy atom. The van der Waals surface area contributed by atoms with Gasteiger partial charge in [-0.25, -0.2) is 4.79 Å². The first-order chi connectivity index (χ1) is 9.64. The summed E-state index contributed by atoms with van der Waals surface area (Å²) in [5, 5.41) is 5.72. The third-order valence-corrected chi connectivity index (χ3v) is 2.78. The van der Waals surface area contributed by atoms with E-state index in [0.717, 1.165) is 19.3 Å². The molecule has 0 aromatic heterocycles. The van der Waals surface area contributed by atoms with E-state index in [1.807, 2.05) is 20.8 Å². The fourth-order valence-electron chi connectivity index (χ4n) is 1.90. The summed E-state index contributed by atoms with van der Waals surface area (Å²) >= 11 is 0. The maximum atomic E-state index is 11.8. The normalized spacial score (nSPS) is 12.9. The first kappa shape index (κ1) is 19.7. The van der Waals surface area contributed by atoms with E-state index in [2.05, 4.69) is 31.4 Å². The minimum Gasteiger partial charge on any atom is -0.444 e. The third kappa shape index (κ3) is 12.2. The number of hydrogen-bond acceptors (Lipinski definition) is 3. The molecule has 124 valence electrons. The molecule has 0 radical (unpaired) electrons. The van der Waals surface area contributed by atoms with Crippen molar-refractivity contribution in [3.63, 3.8) is 0 Å². The average Bonchev–Trinajstić information content (AvgIpc) is 2.30. The summed E-state index contributed by atoms with van der Waals surface area (Å²) in [7, 11) is 0. The minimum absolute atomic E-state index is 0.0385. The zero-order valence-electron chi connectivity index (χ0n) is 14.4. The van der Waals surface area contributed by atoms with Gasteiger partial charge in [-0.3, -0.25) is 4.79 Å². The van der Waals surface area contributed by atoms with Gasteiger partial charge in [0.05, 0.1) is 0 Å². The summed E-state index contributed by atoms with van der Waals surface area (Å²) in [5.41, 5.74) is -0.517. The van der Waals surface area contributed by atoms with E-state index in [4.69, 9.17) is 4.74 Å². The molecule has 1 atom stereocenters. The number of hydrogen-bond donors (Lipinski definition) is 2. The number of carbonyl (C=O) groups is 2. The van der Waals surface area contributed by atoms with Crippen LogP contribution >= 0.6 is 0 Å². The Bertz CT molecular complexity index is 322. The van der Waals surface area contributed by atoms with Gasteiger partial charge in [0.1, 0.15) is 5.60 Å². The molecule has 0 saturated carbocycles. The molecular formula is C16H32N2O3. The largest absolute Gasteiger partial charge is 0.444 e. The Labute approximate surface area is 129 Å². The Hall–Kier alpha value is -1.26.